The summed E-state index contributed by atoms with van der Waals surface area (Å²) in [6, 6.07) is 1.74. The van der Waals surface area contributed by atoms with E-state index < -0.39 is 5.60 Å². The lowest BCUT2D eigenvalue weighted by Gasteiger charge is -2.21. The van der Waals surface area contributed by atoms with Gasteiger partial charge in [0.25, 0.3) is 5.70 Å². The Balaban J connectivity index is 3.47. The van der Waals surface area contributed by atoms with E-state index in [2.05, 4.69) is 9.69 Å². The summed E-state index contributed by atoms with van der Waals surface area (Å²) >= 11 is 0. The van der Waals surface area contributed by atoms with Crippen molar-refractivity contribution in [1.29, 1.82) is 5.26 Å². The summed E-state index contributed by atoms with van der Waals surface area (Å²) in [6.07, 6.45) is 0. The molecule has 0 saturated carbocycles. The maximum absolute atomic E-state index is 8.73. The molecule has 1 aliphatic rings. The van der Waals surface area contributed by atoms with E-state index in [0.717, 1.165) is 5.57 Å². The van der Waals surface area contributed by atoms with E-state index in [-0.39, 0.29) is 17.2 Å². The molecular formula is C11H9N3O. The van der Waals surface area contributed by atoms with Crippen molar-refractivity contribution in [2.45, 2.75) is 26.4 Å². The van der Waals surface area contributed by atoms with Gasteiger partial charge in [-0.1, -0.05) is 0 Å². The van der Waals surface area contributed by atoms with E-state index in [1.54, 1.807) is 26.8 Å². The third-order valence-electron chi connectivity index (χ3n) is 2.38. The summed E-state index contributed by atoms with van der Waals surface area (Å²) in [5.41, 5.74) is 0.268. The molecule has 0 aromatic heterocycles. The molecule has 0 aliphatic carbocycles. The zero-order valence-corrected chi connectivity index (χ0v) is 8.75. The summed E-state index contributed by atoms with van der Waals surface area (Å²) < 4.78 is 5.46. The van der Waals surface area contributed by atoms with Gasteiger partial charge in [0.1, 0.15) is 11.4 Å². The van der Waals surface area contributed by atoms with Crippen molar-refractivity contribution < 1.29 is 4.74 Å². The number of nitrogens with zero attached hydrogens (tertiary/aromatic N) is 3. The van der Waals surface area contributed by atoms with Crippen LogP contribution in [0.5, 0.6) is 0 Å². The van der Waals surface area contributed by atoms with Crippen molar-refractivity contribution in [2.24, 2.45) is 0 Å². The summed E-state index contributed by atoms with van der Waals surface area (Å²) in [4.78, 5) is 6.37. The van der Waals surface area contributed by atoms with Crippen LogP contribution in [-0.2, 0) is 4.74 Å². The molecule has 0 saturated heterocycles. The Labute approximate surface area is 88.7 Å². The molecule has 0 radical (unpaired) electrons. The molecule has 4 nitrogen and oxygen atoms in total. The Hall–Kier alpha value is -2.25. The van der Waals surface area contributed by atoms with E-state index in [1.165, 1.54) is 0 Å². The predicted octanol–water partition coefficient (Wildman–Crippen LogP) is 2.64. The van der Waals surface area contributed by atoms with Crippen molar-refractivity contribution in [3.8, 4) is 6.07 Å². The normalized spacial score (nSPS) is 21.1. The Kier molecular flexibility index (Phi) is 2.51. The first kappa shape index (κ1) is 10.8. The van der Waals surface area contributed by atoms with Crippen molar-refractivity contribution >= 4 is 0 Å². The van der Waals surface area contributed by atoms with Gasteiger partial charge in [0.15, 0.2) is 0 Å². The molecule has 0 atom stereocenters. The Morgan fingerprint density at radius 1 is 1.47 bits per heavy atom. The molecule has 15 heavy (non-hydrogen) atoms. The van der Waals surface area contributed by atoms with E-state index >= 15 is 0 Å². The van der Waals surface area contributed by atoms with E-state index in [4.69, 9.17) is 23.1 Å². The summed E-state index contributed by atoms with van der Waals surface area (Å²) in [7, 11) is 0. The van der Waals surface area contributed by atoms with Gasteiger partial charge in [0.2, 0.25) is 5.70 Å². The lowest BCUT2D eigenvalue weighted by atomic mass is 10.0. The third-order valence-corrected chi connectivity index (χ3v) is 2.38. The van der Waals surface area contributed by atoms with E-state index in [1.807, 2.05) is 0 Å². The van der Waals surface area contributed by atoms with Crippen LogP contribution in [0.4, 0.5) is 0 Å². The monoisotopic (exact) mass is 199 g/mol. The first-order chi connectivity index (χ1) is 6.97. The molecule has 0 amide bonds. The van der Waals surface area contributed by atoms with Gasteiger partial charge in [-0.05, 0) is 26.3 Å². The molecule has 0 unspecified atom stereocenters. The van der Waals surface area contributed by atoms with Crippen molar-refractivity contribution in [3.63, 3.8) is 0 Å². The number of ether oxygens (including phenoxy) is 1. The minimum atomic E-state index is -0.609. The lowest BCUT2D eigenvalue weighted by molar-refractivity contribution is 0.0926. The van der Waals surface area contributed by atoms with Crippen molar-refractivity contribution in [3.05, 3.63) is 45.6 Å². The molecular weight excluding hydrogens is 190 g/mol. The molecule has 0 fully saturated rings. The summed E-state index contributed by atoms with van der Waals surface area (Å²) in [5, 5.41) is 8.73. The highest BCUT2D eigenvalue weighted by Gasteiger charge is 2.36. The number of allylic oxidation sites excluding steroid dienone is 1. The lowest BCUT2D eigenvalue weighted by Crippen LogP contribution is -2.20. The molecule has 0 N–H and O–H groups in total. The highest BCUT2D eigenvalue weighted by atomic mass is 16.5. The second kappa shape index (κ2) is 3.48. The van der Waals surface area contributed by atoms with Crippen molar-refractivity contribution in [2.75, 3.05) is 0 Å². The van der Waals surface area contributed by atoms with Gasteiger partial charge in [-0.3, -0.25) is 0 Å². The van der Waals surface area contributed by atoms with Gasteiger partial charge in [0, 0.05) is 0 Å². The predicted molar refractivity (Wildman–Crippen MR) is 53.7 cm³/mol. The topological polar surface area (TPSA) is 41.7 Å². The third kappa shape index (κ3) is 1.56. The van der Waals surface area contributed by atoms with Crippen LogP contribution in [0.25, 0.3) is 9.69 Å². The number of hydrogen-bond acceptors (Lipinski definition) is 2. The van der Waals surface area contributed by atoms with Crippen LogP contribution in [0.2, 0.25) is 0 Å². The largest absolute Gasteiger partial charge is 0.506 e. The second-order valence-corrected chi connectivity index (χ2v) is 3.60. The average Bonchev–Trinajstić information content (AvgIpc) is 2.40. The van der Waals surface area contributed by atoms with Gasteiger partial charge in [-0.15, -0.1) is 0 Å². The first-order valence-corrected chi connectivity index (χ1v) is 4.28. The zero-order chi connectivity index (χ0) is 11.6. The molecule has 0 aromatic rings. The van der Waals surface area contributed by atoms with E-state index in [9.17, 15) is 0 Å². The van der Waals surface area contributed by atoms with Gasteiger partial charge in [0.05, 0.1) is 19.2 Å². The smallest absolute Gasteiger partial charge is 0.292 e. The molecule has 0 bridgehead atoms. The molecule has 4 heteroatoms. The highest BCUT2D eigenvalue weighted by Crippen LogP contribution is 2.40. The van der Waals surface area contributed by atoms with Gasteiger partial charge < -0.3 is 4.74 Å². The molecule has 1 aliphatic heterocycles. The Morgan fingerprint density at radius 3 is 2.47 bits per heavy atom. The fourth-order valence-electron chi connectivity index (χ4n) is 1.26. The van der Waals surface area contributed by atoms with Gasteiger partial charge >= 0.3 is 0 Å². The SMILES string of the molecule is [C-]#[N+]C1=C(C)C(C)(C)O/C1=C(\C#N)[N+]#[C-]. The second-order valence-electron chi connectivity index (χ2n) is 3.60. The molecule has 0 aromatic carbocycles. The molecule has 1 rings (SSSR count). The quantitative estimate of drug-likeness (QED) is 0.444. The van der Waals surface area contributed by atoms with Crippen molar-refractivity contribution in [1.82, 2.24) is 0 Å². The summed E-state index contributed by atoms with van der Waals surface area (Å²) in [5.74, 6) is 0.116. The Bertz CT molecular complexity index is 473. The number of hydrogen-bond donors (Lipinski definition) is 0. The minimum absolute atomic E-state index is 0.116. The van der Waals surface area contributed by atoms with Crippen LogP contribution in [-0.4, -0.2) is 5.60 Å². The van der Waals surface area contributed by atoms with Gasteiger partial charge in [-0.25, -0.2) is 15.0 Å². The number of rotatable bonds is 0. The van der Waals surface area contributed by atoms with Crippen LogP contribution in [0.15, 0.2) is 22.7 Å². The number of nitriles is 1. The van der Waals surface area contributed by atoms with Crippen LogP contribution in [0.3, 0.4) is 0 Å². The standard InChI is InChI=1S/C11H9N3O/c1-7-9(14-5)10(8(6-12)13-4)15-11(7,2)3/h1-3H3/b10-8+. The average molecular weight is 199 g/mol. The van der Waals surface area contributed by atoms with E-state index in [0.29, 0.717) is 0 Å². The van der Waals surface area contributed by atoms with Crippen LogP contribution in [0.1, 0.15) is 20.8 Å². The maximum atomic E-state index is 8.73. The molecule has 0 spiro atoms. The Morgan fingerprint density at radius 2 is 2.07 bits per heavy atom. The molecule has 1 heterocycles. The fourth-order valence-corrected chi connectivity index (χ4v) is 1.26. The molecule has 74 valence electrons. The minimum Gasteiger partial charge on any atom is -0.506 e. The van der Waals surface area contributed by atoms with Gasteiger partial charge in [-0.2, -0.15) is 0 Å². The van der Waals surface area contributed by atoms with Crippen LogP contribution in [0, 0.1) is 24.5 Å². The van der Waals surface area contributed by atoms with Crippen LogP contribution >= 0.6 is 0 Å². The highest BCUT2D eigenvalue weighted by molar-refractivity contribution is 5.51. The van der Waals surface area contributed by atoms with Crippen LogP contribution < -0.4 is 0 Å². The fraction of sp³-hybridized carbons (Fsp3) is 0.364. The first-order valence-electron chi connectivity index (χ1n) is 4.28. The zero-order valence-electron chi connectivity index (χ0n) is 8.75. The maximum Gasteiger partial charge on any atom is 0.292 e. The summed E-state index contributed by atoms with van der Waals surface area (Å²) in [6.45, 7) is 19.2.